The smallest absolute Gasteiger partial charge is 0.300 e. The quantitative estimate of drug-likeness (QED) is 0.235. The Labute approximate surface area is 224 Å². The zero-order valence-corrected chi connectivity index (χ0v) is 23.8. The van der Waals surface area contributed by atoms with Crippen molar-refractivity contribution in [3.05, 3.63) is 90.5 Å². The van der Waals surface area contributed by atoms with Crippen LogP contribution in [0.15, 0.2) is 79.4 Å². The fourth-order valence-corrected chi connectivity index (χ4v) is 2.92. The van der Waals surface area contributed by atoms with E-state index in [1.807, 2.05) is 72.8 Å². The van der Waals surface area contributed by atoms with Gasteiger partial charge in [-0.05, 0) is 69.3 Å². The standard InChI is InChI=1S/C14H14O.C7H9N.C3H6.C2H7N.C2H4O2.C2H6.CH2O/c1-2-7-12-11(5-1)6-3-8-13(12)14-9-4-10-15-14;1-6-2-4-7(8)5-3-6;2*1-3-2;1-2(3)4;2*1-2/h1-3,5-8,14H,4,9-10H2;2-5H,8H2,1H3;3H,1H2,2H3;3H,1-2H3;1H3,(H,3,4);1-2H3;1H2. The van der Waals surface area contributed by atoms with Gasteiger partial charge in [0.25, 0.3) is 5.97 Å². The van der Waals surface area contributed by atoms with E-state index >= 15 is 0 Å². The van der Waals surface area contributed by atoms with Crippen molar-refractivity contribution in [2.45, 2.75) is 53.6 Å². The molecule has 4 rings (SSSR count). The predicted octanol–water partition coefficient (Wildman–Crippen LogP) is 7.23. The van der Waals surface area contributed by atoms with E-state index in [-0.39, 0.29) is 0 Å². The van der Waals surface area contributed by atoms with Crippen LogP contribution >= 0.6 is 0 Å². The molecule has 0 saturated carbocycles. The van der Waals surface area contributed by atoms with E-state index in [0.29, 0.717) is 6.10 Å². The summed E-state index contributed by atoms with van der Waals surface area (Å²) in [5.41, 5.74) is 8.86. The summed E-state index contributed by atoms with van der Waals surface area (Å²) in [6.07, 6.45) is 4.41. The maximum atomic E-state index is 9.00. The van der Waals surface area contributed by atoms with Gasteiger partial charge in [0.15, 0.2) is 0 Å². The van der Waals surface area contributed by atoms with Crippen molar-refractivity contribution in [2.75, 3.05) is 26.4 Å². The molecule has 206 valence electrons. The largest absolute Gasteiger partial charge is 0.481 e. The molecular formula is C31H48N2O4. The van der Waals surface area contributed by atoms with Gasteiger partial charge in [-0.2, -0.15) is 0 Å². The van der Waals surface area contributed by atoms with Crippen LogP contribution < -0.4 is 11.1 Å². The van der Waals surface area contributed by atoms with Crippen LogP contribution in [0.2, 0.25) is 0 Å². The van der Waals surface area contributed by atoms with Gasteiger partial charge < -0.3 is 25.7 Å². The third-order valence-corrected chi connectivity index (χ3v) is 4.18. The first-order valence-corrected chi connectivity index (χ1v) is 12.4. The molecule has 1 aliphatic heterocycles. The van der Waals surface area contributed by atoms with Gasteiger partial charge in [0.2, 0.25) is 0 Å². The van der Waals surface area contributed by atoms with Crippen LogP contribution in [0, 0.1) is 6.92 Å². The fraction of sp³-hybridized carbons (Fsp3) is 0.355. The van der Waals surface area contributed by atoms with E-state index in [1.54, 1.807) is 6.08 Å². The maximum absolute atomic E-state index is 9.00. The summed E-state index contributed by atoms with van der Waals surface area (Å²) in [4.78, 5) is 17.0. The Balaban J connectivity index is -0.000000447. The summed E-state index contributed by atoms with van der Waals surface area (Å²) in [5, 5.41) is 12.8. The van der Waals surface area contributed by atoms with E-state index in [4.69, 9.17) is 25.2 Å². The SMILES string of the molecule is C=CC.C=O.CC.CC(=O)O.CNC.Cc1ccc(N)cc1.c1ccc2c(C3CCCO3)cccc2c1. The summed E-state index contributed by atoms with van der Waals surface area (Å²) >= 11 is 0. The number of nitrogens with one attached hydrogen (secondary N) is 1. The number of carboxylic acid groups (broad SMARTS) is 1. The molecule has 3 aromatic carbocycles. The summed E-state index contributed by atoms with van der Waals surface area (Å²) in [6.45, 7) is 15.3. The zero-order valence-electron chi connectivity index (χ0n) is 23.8. The molecule has 1 heterocycles. The second-order valence-corrected chi connectivity index (χ2v) is 7.41. The number of carbonyl (C=O) groups is 2. The van der Waals surface area contributed by atoms with Gasteiger partial charge in [-0.3, -0.25) is 4.79 Å². The molecule has 1 atom stereocenters. The lowest BCUT2D eigenvalue weighted by molar-refractivity contribution is -0.134. The summed E-state index contributed by atoms with van der Waals surface area (Å²) in [7, 11) is 3.75. The highest BCUT2D eigenvalue weighted by molar-refractivity contribution is 5.86. The zero-order chi connectivity index (χ0) is 29.1. The average molecular weight is 513 g/mol. The topological polar surface area (TPSA) is 102 Å². The first kappa shape index (κ1) is 38.1. The molecule has 37 heavy (non-hydrogen) atoms. The molecular weight excluding hydrogens is 464 g/mol. The molecule has 0 aromatic heterocycles. The Bertz CT molecular complexity index is 907. The number of fused-ring (bicyclic) bond motifs is 1. The highest BCUT2D eigenvalue weighted by Gasteiger charge is 2.19. The van der Waals surface area contributed by atoms with E-state index in [1.165, 1.54) is 28.3 Å². The number of benzene rings is 3. The van der Waals surface area contributed by atoms with E-state index < -0.39 is 5.97 Å². The van der Waals surface area contributed by atoms with Crippen LogP contribution in [0.25, 0.3) is 10.8 Å². The molecule has 4 N–H and O–H groups in total. The van der Waals surface area contributed by atoms with Gasteiger partial charge in [0, 0.05) is 19.2 Å². The number of hydrogen-bond acceptors (Lipinski definition) is 5. The Kier molecular flexibility index (Phi) is 27.9. The molecule has 6 heteroatoms. The van der Waals surface area contributed by atoms with Gasteiger partial charge in [0.05, 0.1) is 6.10 Å². The molecule has 1 saturated heterocycles. The first-order chi connectivity index (χ1) is 17.8. The van der Waals surface area contributed by atoms with E-state index in [9.17, 15) is 0 Å². The average Bonchev–Trinajstić information content (AvgIpc) is 3.44. The van der Waals surface area contributed by atoms with Crippen molar-refractivity contribution < 1.29 is 19.4 Å². The third kappa shape index (κ3) is 20.4. The highest BCUT2D eigenvalue weighted by atomic mass is 16.5. The number of rotatable bonds is 1. The number of aryl methyl sites for hydroxylation is 1. The molecule has 3 aromatic rings. The van der Waals surface area contributed by atoms with Crippen molar-refractivity contribution >= 4 is 29.2 Å². The molecule has 0 aliphatic carbocycles. The maximum Gasteiger partial charge on any atom is 0.300 e. The van der Waals surface area contributed by atoms with E-state index in [2.05, 4.69) is 54.4 Å². The van der Waals surface area contributed by atoms with Gasteiger partial charge in [-0.15, -0.1) is 6.58 Å². The van der Waals surface area contributed by atoms with Crippen molar-refractivity contribution in [1.82, 2.24) is 5.32 Å². The molecule has 0 radical (unpaired) electrons. The minimum Gasteiger partial charge on any atom is -0.481 e. The number of allylic oxidation sites excluding steroid dienone is 1. The fourth-order valence-electron chi connectivity index (χ4n) is 2.92. The third-order valence-electron chi connectivity index (χ3n) is 4.18. The van der Waals surface area contributed by atoms with E-state index in [0.717, 1.165) is 25.6 Å². The van der Waals surface area contributed by atoms with Crippen molar-refractivity contribution in [3.8, 4) is 0 Å². The van der Waals surface area contributed by atoms with Crippen molar-refractivity contribution in [3.63, 3.8) is 0 Å². The molecule has 6 nitrogen and oxygen atoms in total. The number of nitrogen functional groups attached to an aromatic ring is 1. The van der Waals surface area contributed by atoms with Crippen LogP contribution in [-0.2, 0) is 14.3 Å². The number of anilines is 1. The molecule has 0 amide bonds. The van der Waals surface area contributed by atoms with Crippen LogP contribution in [0.4, 0.5) is 5.69 Å². The number of aliphatic carboxylic acids is 1. The monoisotopic (exact) mass is 512 g/mol. The lowest BCUT2D eigenvalue weighted by atomic mass is 9.99. The van der Waals surface area contributed by atoms with Crippen LogP contribution in [-0.4, -0.2) is 38.6 Å². The van der Waals surface area contributed by atoms with Crippen LogP contribution in [0.5, 0.6) is 0 Å². The van der Waals surface area contributed by atoms with Crippen molar-refractivity contribution in [1.29, 1.82) is 0 Å². The molecule has 1 fully saturated rings. The van der Waals surface area contributed by atoms with Gasteiger partial charge in [-0.1, -0.05) is 80.1 Å². The number of ether oxygens (including phenoxy) is 1. The normalized spacial score (nSPS) is 12.2. The van der Waals surface area contributed by atoms with Gasteiger partial charge in [-0.25, -0.2) is 0 Å². The first-order valence-electron chi connectivity index (χ1n) is 12.4. The Hall–Kier alpha value is -3.48. The lowest BCUT2D eigenvalue weighted by Gasteiger charge is -2.12. The molecule has 0 spiro atoms. The molecule has 1 unspecified atom stereocenters. The Morgan fingerprint density at radius 1 is 1.03 bits per heavy atom. The van der Waals surface area contributed by atoms with Gasteiger partial charge in [0.1, 0.15) is 6.79 Å². The lowest BCUT2D eigenvalue weighted by Crippen LogP contribution is -1.96. The number of carboxylic acids is 1. The Morgan fingerprint density at radius 2 is 1.49 bits per heavy atom. The molecule has 1 aliphatic rings. The number of hydrogen-bond donors (Lipinski definition) is 3. The van der Waals surface area contributed by atoms with Gasteiger partial charge >= 0.3 is 0 Å². The summed E-state index contributed by atoms with van der Waals surface area (Å²) < 4.78 is 5.75. The minimum atomic E-state index is -0.833. The Morgan fingerprint density at radius 3 is 1.92 bits per heavy atom. The number of carbonyl (C=O) groups excluding carboxylic acids is 1. The summed E-state index contributed by atoms with van der Waals surface area (Å²) in [6, 6.07) is 22.8. The number of nitrogens with two attached hydrogens (primary N) is 1. The van der Waals surface area contributed by atoms with Crippen LogP contribution in [0.3, 0.4) is 0 Å². The minimum absolute atomic E-state index is 0.316. The second kappa shape index (κ2) is 27.1. The predicted molar refractivity (Wildman–Crippen MR) is 160 cm³/mol. The highest BCUT2D eigenvalue weighted by Crippen LogP contribution is 2.33. The second-order valence-electron chi connectivity index (χ2n) is 7.41. The van der Waals surface area contributed by atoms with Crippen LogP contribution in [0.1, 0.15) is 57.8 Å². The summed E-state index contributed by atoms with van der Waals surface area (Å²) in [5.74, 6) is -0.833. The van der Waals surface area contributed by atoms with Crippen molar-refractivity contribution in [2.24, 2.45) is 0 Å². The molecule has 0 bridgehead atoms.